The van der Waals surface area contributed by atoms with Crippen molar-refractivity contribution < 1.29 is 0 Å². The molecule has 6 heterocycles. The maximum Gasteiger partial charge on any atom is 0.137 e. The summed E-state index contributed by atoms with van der Waals surface area (Å²) in [6, 6.07) is 113. The molecular formula is C82H54N6. The molecule has 0 aliphatic carbocycles. The molecule has 12 aromatic carbocycles. The van der Waals surface area contributed by atoms with Gasteiger partial charge in [0, 0.05) is 66.9 Å². The van der Waals surface area contributed by atoms with Gasteiger partial charge in [-0.25, -0.2) is 9.97 Å². The van der Waals surface area contributed by atoms with Crippen LogP contribution in [-0.2, 0) is 0 Å². The summed E-state index contributed by atoms with van der Waals surface area (Å²) in [5.74, 6) is 1.85. The summed E-state index contributed by atoms with van der Waals surface area (Å²) >= 11 is 0. The summed E-state index contributed by atoms with van der Waals surface area (Å²) in [7, 11) is 0. The van der Waals surface area contributed by atoms with Gasteiger partial charge in [-0.2, -0.15) is 0 Å². The van der Waals surface area contributed by atoms with Crippen LogP contribution in [0.4, 0.5) is 0 Å². The molecular weight excluding hydrogens is 1070 g/mol. The third kappa shape index (κ3) is 8.49. The SMILES string of the molecule is c1ccc(-n2c3ccccc3c3cc(-c4ccc(-c5ccc6c(c5)c5ccccc5n6-c5ccccc5)cc4)ccc32)cc1.c1ccc(-n2c3ccccc3c3cc(-c4cccc(-c5ccc6c(c5)c5ccccc5n6-c5ccccn5)c4)ccc32)nc1. The van der Waals surface area contributed by atoms with Gasteiger partial charge in [-0.05, 0) is 172 Å². The molecule has 0 N–H and O–H groups in total. The maximum atomic E-state index is 4.66. The van der Waals surface area contributed by atoms with Gasteiger partial charge in [0.2, 0.25) is 0 Å². The molecule has 18 aromatic rings. The Morgan fingerprint density at radius 2 is 0.443 bits per heavy atom. The maximum absolute atomic E-state index is 4.66. The van der Waals surface area contributed by atoms with Crippen LogP contribution in [0.5, 0.6) is 0 Å². The molecule has 0 amide bonds. The number of nitrogens with zero attached hydrogens (tertiary/aromatic N) is 6. The highest BCUT2D eigenvalue weighted by Crippen LogP contribution is 2.41. The molecule has 412 valence electrons. The first-order valence-electron chi connectivity index (χ1n) is 29.9. The van der Waals surface area contributed by atoms with Crippen LogP contribution in [0, 0.1) is 0 Å². The minimum Gasteiger partial charge on any atom is -0.309 e. The van der Waals surface area contributed by atoms with Crippen LogP contribution in [0.3, 0.4) is 0 Å². The predicted octanol–water partition coefficient (Wildman–Crippen LogP) is 21.2. The van der Waals surface area contributed by atoms with Crippen molar-refractivity contribution in [3.05, 3.63) is 328 Å². The molecule has 0 bridgehead atoms. The van der Waals surface area contributed by atoms with Crippen LogP contribution in [0.15, 0.2) is 328 Å². The number of hydrogen-bond acceptors (Lipinski definition) is 2. The average molecular weight is 1120 g/mol. The molecule has 6 nitrogen and oxygen atoms in total. The van der Waals surface area contributed by atoms with Crippen LogP contribution in [0.1, 0.15) is 0 Å². The van der Waals surface area contributed by atoms with Crippen molar-refractivity contribution in [1.82, 2.24) is 28.2 Å². The topological polar surface area (TPSA) is 45.5 Å². The zero-order chi connectivity index (χ0) is 58.1. The first-order chi connectivity index (χ1) is 43.7. The largest absolute Gasteiger partial charge is 0.309 e. The second-order valence-corrected chi connectivity index (χ2v) is 22.5. The summed E-state index contributed by atoms with van der Waals surface area (Å²) in [5.41, 5.74) is 21.5. The summed E-state index contributed by atoms with van der Waals surface area (Å²) in [6.45, 7) is 0. The van der Waals surface area contributed by atoms with Gasteiger partial charge >= 0.3 is 0 Å². The molecule has 0 aliphatic heterocycles. The van der Waals surface area contributed by atoms with Crippen molar-refractivity contribution in [2.24, 2.45) is 0 Å². The highest BCUT2D eigenvalue weighted by atomic mass is 15.1. The number of aromatic nitrogens is 6. The molecule has 88 heavy (non-hydrogen) atoms. The molecule has 6 aromatic heterocycles. The minimum absolute atomic E-state index is 0.924. The molecule has 0 fully saturated rings. The van der Waals surface area contributed by atoms with Crippen molar-refractivity contribution >= 4 is 87.2 Å². The van der Waals surface area contributed by atoms with E-state index in [1.165, 1.54) is 121 Å². The molecule has 18 rings (SSSR count). The third-order valence-corrected chi connectivity index (χ3v) is 17.6. The van der Waals surface area contributed by atoms with Gasteiger partial charge in [0.15, 0.2) is 0 Å². The van der Waals surface area contributed by atoms with E-state index in [1.807, 2.05) is 36.7 Å². The highest BCUT2D eigenvalue weighted by Gasteiger charge is 2.19. The summed E-state index contributed by atoms with van der Waals surface area (Å²) in [5, 5.41) is 9.97. The van der Waals surface area contributed by atoms with Crippen molar-refractivity contribution in [3.8, 4) is 67.5 Å². The van der Waals surface area contributed by atoms with E-state index in [1.54, 1.807) is 0 Å². The van der Waals surface area contributed by atoms with E-state index in [-0.39, 0.29) is 0 Å². The van der Waals surface area contributed by atoms with E-state index in [0.29, 0.717) is 0 Å². The Morgan fingerprint density at radius 3 is 0.795 bits per heavy atom. The molecule has 0 spiro atoms. The lowest BCUT2D eigenvalue weighted by Crippen LogP contribution is -1.96. The number of hydrogen-bond donors (Lipinski definition) is 0. The normalized spacial score (nSPS) is 11.6. The Bertz CT molecular complexity index is 5310. The van der Waals surface area contributed by atoms with Crippen molar-refractivity contribution in [2.45, 2.75) is 0 Å². The smallest absolute Gasteiger partial charge is 0.137 e. The van der Waals surface area contributed by atoms with E-state index in [2.05, 4.69) is 319 Å². The molecule has 0 aliphatic rings. The minimum atomic E-state index is 0.924. The second kappa shape index (κ2) is 21.0. The first-order valence-corrected chi connectivity index (χ1v) is 29.9. The Hall–Kier alpha value is -11.9. The first kappa shape index (κ1) is 50.6. The average Bonchev–Trinajstić information content (AvgIpc) is 1.99. The molecule has 0 unspecified atom stereocenters. The lowest BCUT2D eigenvalue weighted by atomic mass is 9.97. The Labute approximate surface area is 508 Å². The predicted molar refractivity (Wildman–Crippen MR) is 368 cm³/mol. The fourth-order valence-electron chi connectivity index (χ4n) is 13.5. The van der Waals surface area contributed by atoms with Gasteiger partial charge in [0.25, 0.3) is 0 Å². The molecule has 0 saturated heterocycles. The standard InChI is InChI=1S/C42H28N2.C40H26N4/c1-3-11-33(12-4-1)43-39-17-9-7-15-35(39)37-27-31(23-25-41(37)43)29-19-21-30(22-20-29)32-24-26-42-38(28-32)36-16-8-10-18-40(36)44(42)34-13-5-2-6-14-34;1-3-14-35-31(12-1)33-25-29(18-20-37(33)43(35)39-16-5-7-22-41-39)27-10-9-11-28(24-27)30-19-21-38-34(26-30)32-13-2-4-15-36(32)44(38)40-17-6-8-23-42-40/h1-28H;1-26H. The highest BCUT2D eigenvalue weighted by molar-refractivity contribution is 6.14. The summed E-state index contributed by atoms with van der Waals surface area (Å²) < 4.78 is 9.23. The van der Waals surface area contributed by atoms with E-state index < -0.39 is 0 Å². The van der Waals surface area contributed by atoms with Crippen LogP contribution in [0.2, 0.25) is 0 Å². The third-order valence-electron chi connectivity index (χ3n) is 17.6. The van der Waals surface area contributed by atoms with Crippen LogP contribution in [0.25, 0.3) is 155 Å². The number of pyridine rings is 2. The Morgan fingerprint density at radius 1 is 0.170 bits per heavy atom. The zero-order valence-electron chi connectivity index (χ0n) is 47.9. The zero-order valence-corrected chi connectivity index (χ0v) is 47.9. The molecule has 0 atom stereocenters. The molecule has 0 radical (unpaired) electrons. The monoisotopic (exact) mass is 1120 g/mol. The van der Waals surface area contributed by atoms with Gasteiger partial charge in [0.05, 0.1) is 44.1 Å². The molecule has 6 heteroatoms. The van der Waals surface area contributed by atoms with Crippen LogP contribution in [-0.4, -0.2) is 28.2 Å². The lowest BCUT2D eigenvalue weighted by molar-refractivity contribution is 1.08. The van der Waals surface area contributed by atoms with Crippen molar-refractivity contribution in [1.29, 1.82) is 0 Å². The number of para-hydroxylation sites is 6. The van der Waals surface area contributed by atoms with Gasteiger partial charge < -0.3 is 9.13 Å². The fraction of sp³-hybridized carbons (Fsp3) is 0. The van der Waals surface area contributed by atoms with Crippen molar-refractivity contribution in [2.75, 3.05) is 0 Å². The number of fused-ring (bicyclic) bond motifs is 12. The van der Waals surface area contributed by atoms with E-state index in [4.69, 9.17) is 0 Å². The lowest BCUT2D eigenvalue weighted by Gasteiger charge is -2.09. The van der Waals surface area contributed by atoms with Crippen LogP contribution >= 0.6 is 0 Å². The quantitative estimate of drug-likeness (QED) is 0.152. The Balaban J connectivity index is 0.000000137. The van der Waals surface area contributed by atoms with Crippen molar-refractivity contribution in [3.63, 3.8) is 0 Å². The summed E-state index contributed by atoms with van der Waals surface area (Å²) in [6.07, 6.45) is 3.70. The van der Waals surface area contributed by atoms with Gasteiger partial charge in [-0.1, -0.05) is 188 Å². The Kier molecular flexibility index (Phi) is 12.1. The van der Waals surface area contributed by atoms with E-state index in [0.717, 1.165) is 33.7 Å². The summed E-state index contributed by atoms with van der Waals surface area (Å²) in [4.78, 5) is 9.33. The van der Waals surface area contributed by atoms with Gasteiger partial charge in [-0.15, -0.1) is 0 Å². The van der Waals surface area contributed by atoms with E-state index in [9.17, 15) is 0 Å². The van der Waals surface area contributed by atoms with E-state index >= 15 is 0 Å². The van der Waals surface area contributed by atoms with Gasteiger partial charge in [-0.3, -0.25) is 9.13 Å². The molecule has 0 saturated carbocycles. The number of benzene rings is 12. The second-order valence-electron chi connectivity index (χ2n) is 22.5. The number of rotatable bonds is 8. The van der Waals surface area contributed by atoms with Gasteiger partial charge in [0.1, 0.15) is 11.6 Å². The fourth-order valence-corrected chi connectivity index (χ4v) is 13.5. The van der Waals surface area contributed by atoms with Crippen LogP contribution < -0.4 is 0 Å².